The lowest BCUT2D eigenvalue weighted by atomic mass is 9.86. The molecule has 0 saturated heterocycles. The van der Waals surface area contributed by atoms with Crippen LogP contribution in [-0.4, -0.2) is 13.1 Å². The van der Waals surface area contributed by atoms with Gasteiger partial charge in [-0.2, -0.15) is 0 Å². The highest BCUT2D eigenvalue weighted by atomic mass is 14.9. The predicted octanol–water partition coefficient (Wildman–Crippen LogP) is 3.05. The number of rotatable bonds is 4. The van der Waals surface area contributed by atoms with Gasteiger partial charge in [-0.15, -0.1) is 0 Å². The smallest absolute Gasteiger partial charge is 0.0370 e. The molecule has 0 atom stereocenters. The van der Waals surface area contributed by atoms with Gasteiger partial charge in [-0.3, -0.25) is 0 Å². The third-order valence-electron chi connectivity index (χ3n) is 2.79. The zero-order valence-corrected chi connectivity index (χ0v) is 10.9. The molecule has 3 N–H and O–H groups in total. The van der Waals surface area contributed by atoms with Gasteiger partial charge in [-0.25, -0.2) is 0 Å². The van der Waals surface area contributed by atoms with E-state index >= 15 is 0 Å². The van der Waals surface area contributed by atoms with Crippen LogP contribution in [0.25, 0.3) is 0 Å². The van der Waals surface area contributed by atoms with E-state index in [2.05, 4.69) is 51.2 Å². The van der Waals surface area contributed by atoms with Crippen LogP contribution in [0.1, 0.15) is 38.3 Å². The zero-order valence-electron chi connectivity index (χ0n) is 10.9. The molecule has 0 spiro atoms. The first kappa shape index (κ1) is 13.0. The first-order chi connectivity index (χ1) is 7.45. The molecule has 0 aliphatic rings. The number of nitrogens with two attached hydrogens (primary N) is 1. The van der Waals surface area contributed by atoms with Gasteiger partial charge in [0.2, 0.25) is 0 Å². The minimum atomic E-state index is 0.223. The molecule has 2 nitrogen and oxygen atoms in total. The molecule has 0 radical (unpaired) electrons. The fourth-order valence-corrected chi connectivity index (χ4v) is 1.65. The minimum absolute atomic E-state index is 0.223. The van der Waals surface area contributed by atoms with Gasteiger partial charge >= 0.3 is 0 Å². The van der Waals surface area contributed by atoms with Crippen LogP contribution >= 0.6 is 0 Å². The number of aryl methyl sites for hydroxylation is 1. The average molecular weight is 220 g/mol. The van der Waals surface area contributed by atoms with E-state index in [0.717, 1.165) is 19.5 Å². The number of hydrogen-bond acceptors (Lipinski definition) is 2. The monoisotopic (exact) mass is 220 g/mol. The van der Waals surface area contributed by atoms with E-state index in [0.29, 0.717) is 0 Å². The SMILES string of the molecule is Cc1cc(C(C)(C)C)ccc1NCCCN. The molecule has 0 heterocycles. The van der Waals surface area contributed by atoms with Crippen LogP contribution in [0.15, 0.2) is 18.2 Å². The fraction of sp³-hybridized carbons (Fsp3) is 0.571. The summed E-state index contributed by atoms with van der Waals surface area (Å²) in [5, 5.41) is 3.41. The number of hydrogen-bond donors (Lipinski definition) is 2. The largest absolute Gasteiger partial charge is 0.385 e. The minimum Gasteiger partial charge on any atom is -0.385 e. The molecule has 0 bridgehead atoms. The van der Waals surface area contributed by atoms with Crippen molar-refractivity contribution in [2.75, 3.05) is 18.4 Å². The number of nitrogens with one attached hydrogen (secondary N) is 1. The molecule has 16 heavy (non-hydrogen) atoms. The van der Waals surface area contributed by atoms with Crippen molar-refractivity contribution in [1.29, 1.82) is 0 Å². The zero-order chi connectivity index (χ0) is 12.2. The van der Waals surface area contributed by atoms with E-state index in [9.17, 15) is 0 Å². The summed E-state index contributed by atoms with van der Waals surface area (Å²) in [4.78, 5) is 0. The highest BCUT2D eigenvalue weighted by Crippen LogP contribution is 2.26. The molecule has 90 valence electrons. The van der Waals surface area contributed by atoms with Gasteiger partial charge in [-0.05, 0) is 42.5 Å². The first-order valence-electron chi connectivity index (χ1n) is 6.00. The van der Waals surface area contributed by atoms with Gasteiger partial charge in [0, 0.05) is 12.2 Å². The third kappa shape index (κ3) is 3.53. The Morgan fingerprint density at radius 3 is 2.44 bits per heavy atom. The van der Waals surface area contributed by atoms with E-state index in [1.807, 2.05) is 0 Å². The van der Waals surface area contributed by atoms with E-state index < -0.39 is 0 Å². The van der Waals surface area contributed by atoms with E-state index in [1.54, 1.807) is 0 Å². The second-order valence-corrected chi connectivity index (χ2v) is 5.35. The Bertz CT molecular complexity index is 337. The van der Waals surface area contributed by atoms with Crippen molar-refractivity contribution in [2.45, 2.75) is 39.5 Å². The summed E-state index contributed by atoms with van der Waals surface area (Å²) >= 11 is 0. The van der Waals surface area contributed by atoms with E-state index in [4.69, 9.17) is 5.73 Å². The van der Waals surface area contributed by atoms with E-state index in [1.165, 1.54) is 16.8 Å². The highest BCUT2D eigenvalue weighted by molar-refractivity contribution is 5.52. The molecule has 1 aromatic rings. The van der Waals surface area contributed by atoms with Crippen molar-refractivity contribution in [2.24, 2.45) is 5.73 Å². The molecular formula is C14H24N2. The van der Waals surface area contributed by atoms with Crippen LogP contribution < -0.4 is 11.1 Å². The molecular weight excluding hydrogens is 196 g/mol. The Labute approximate surface area is 99.2 Å². The summed E-state index contributed by atoms with van der Waals surface area (Å²) in [7, 11) is 0. The maximum absolute atomic E-state index is 5.47. The maximum atomic E-state index is 5.47. The van der Waals surface area contributed by atoms with Crippen molar-refractivity contribution in [3.05, 3.63) is 29.3 Å². The van der Waals surface area contributed by atoms with Crippen LogP contribution in [0.4, 0.5) is 5.69 Å². The van der Waals surface area contributed by atoms with E-state index in [-0.39, 0.29) is 5.41 Å². The van der Waals surface area contributed by atoms with Crippen molar-refractivity contribution in [1.82, 2.24) is 0 Å². The molecule has 0 fully saturated rings. The summed E-state index contributed by atoms with van der Waals surface area (Å²) in [6, 6.07) is 6.65. The van der Waals surface area contributed by atoms with Crippen molar-refractivity contribution in [3.8, 4) is 0 Å². The Morgan fingerprint density at radius 1 is 1.25 bits per heavy atom. The van der Waals surface area contributed by atoms with Gasteiger partial charge in [0.15, 0.2) is 0 Å². The Morgan fingerprint density at radius 2 is 1.94 bits per heavy atom. The molecule has 1 rings (SSSR count). The van der Waals surface area contributed by atoms with Gasteiger partial charge in [0.1, 0.15) is 0 Å². The van der Waals surface area contributed by atoms with Crippen LogP contribution in [0, 0.1) is 6.92 Å². The predicted molar refractivity (Wildman–Crippen MR) is 72.0 cm³/mol. The molecule has 2 heteroatoms. The molecule has 0 aliphatic heterocycles. The molecule has 0 amide bonds. The Hall–Kier alpha value is -1.02. The second kappa shape index (κ2) is 5.35. The molecule has 0 saturated carbocycles. The fourth-order valence-electron chi connectivity index (χ4n) is 1.65. The van der Waals surface area contributed by atoms with Gasteiger partial charge < -0.3 is 11.1 Å². The normalized spacial score (nSPS) is 11.6. The van der Waals surface area contributed by atoms with Crippen LogP contribution in [0.5, 0.6) is 0 Å². The summed E-state index contributed by atoms with van der Waals surface area (Å²) in [6.07, 6.45) is 1.01. The van der Waals surface area contributed by atoms with Crippen LogP contribution in [0.2, 0.25) is 0 Å². The second-order valence-electron chi connectivity index (χ2n) is 5.35. The van der Waals surface area contributed by atoms with Crippen LogP contribution in [0.3, 0.4) is 0 Å². The molecule has 0 aliphatic carbocycles. The number of anilines is 1. The van der Waals surface area contributed by atoms with Gasteiger partial charge in [-0.1, -0.05) is 32.9 Å². The van der Waals surface area contributed by atoms with Crippen molar-refractivity contribution >= 4 is 5.69 Å². The quantitative estimate of drug-likeness (QED) is 0.765. The Kier molecular flexibility index (Phi) is 4.36. The maximum Gasteiger partial charge on any atom is 0.0370 e. The topological polar surface area (TPSA) is 38.0 Å². The molecule has 1 aromatic carbocycles. The van der Waals surface area contributed by atoms with Crippen molar-refractivity contribution in [3.63, 3.8) is 0 Å². The highest BCUT2D eigenvalue weighted by Gasteiger charge is 2.14. The summed E-state index contributed by atoms with van der Waals surface area (Å²) in [5.41, 5.74) is 9.61. The first-order valence-corrected chi connectivity index (χ1v) is 6.00. The summed E-state index contributed by atoms with van der Waals surface area (Å²) < 4.78 is 0. The molecule has 0 unspecified atom stereocenters. The van der Waals surface area contributed by atoms with Crippen molar-refractivity contribution < 1.29 is 0 Å². The van der Waals surface area contributed by atoms with Gasteiger partial charge in [0.05, 0.1) is 0 Å². The summed E-state index contributed by atoms with van der Waals surface area (Å²) in [5.74, 6) is 0. The Balaban J connectivity index is 2.76. The lowest BCUT2D eigenvalue weighted by Crippen LogP contribution is -2.12. The van der Waals surface area contributed by atoms with Crippen LogP contribution in [-0.2, 0) is 5.41 Å². The van der Waals surface area contributed by atoms with Gasteiger partial charge in [0.25, 0.3) is 0 Å². The standard InChI is InChI=1S/C14H24N2/c1-11-10-12(14(2,3)4)6-7-13(11)16-9-5-8-15/h6-7,10,16H,5,8-9,15H2,1-4H3. The third-order valence-corrected chi connectivity index (χ3v) is 2.79. The lowest BCUT2D eigenvalue weighted by molar-refractivity contribution is 0.590. The summed E-state index contributed by atoms with van der Waals surface area (Å²) in [6.45, 7) is 10.6. The number of benzene rings is 1. The molecule has 0 aromatic heterocycles. The average Bonchev–Trinajstić information content (AvgIpc) is 2.19. The lowest BCUT2D eigenvalue weighted by Gasteiger charge is -2.21.